The molecule has 0 spiro atoms. The maximum absolute atomic E-state index is 8.20. The minimum absolute atomic E-state index is 0.418. The Kier molecular flexibility index (Phi) is 6.09. The van der Waals surface area contributed by atoms with E-state index in [0.29, 0.717) is 8.45 Å². The van der Waals surface area contributed by atoms with Gasteiger partial charge in [0, 0.05) is 0 Å². The van der Waals surface area contributed by atoms with E-state index in [1.165, 1.54) is 51.4 Å². The van der Waals surface area contributed by atoms with E-state index in [9.17, 15) is 0 Å². The Hall–Kier alpha value is 0.471. The Morgan fingerprint density at radius 1 is 0.786 bits per heavy atom. The van der Waals surface area contributed by atoms with Gasteiger partial charge in [-0.1, -0.05) is 0 Å². The van der Waals surface area contributed by atoms with Crippen LogP contribution in [0.4, 0.5) is 0 Å². The van der Waals surface area contributed by atoms with Crippen molar-refractivity contribution in [1.29, 1.82) is 0 Å². The number of rotatable bonds is 5. The quantitative estimate of drug-likeness (QED) is 0.350. The molecule has 0 nitrogen and oxygen atoms in total. The standard InChI is InChI=1S/2C11H15.C2H7Si.2ClH.Ti/c2*1-2-9-7-10-5-3-4-6-11(10)8-9;1-3-2;;;/h2*7-8H,2-6H2,1H3;3H,1-2H3;2*1H;/q;;;;;+2/p-2. The Labute approximate surface area is 182 Å². The van der Waals surface area contributed by atoms with Crippen molar-refractivity contribution in [2.24, 2.45) is 0 Å². The molecule has 4 aliphatic rings. The zero-order chi connectivity index (χ0) is 20.1. The maximum atomic E-state index is 8.20. The summed E-state index contributed by atoms with van der Waals surface area (Å²) in [4.78, 5) is 0. The molecule has 0 radical (unpaired) electrons. The summed E-state index contributed by atoms with van der Waals surface area (Å²) in [6.45, 7) is 8.34. The number of hydrogen-bond donors (Lipinski definition) is 0. The fourth-order valence-corrected chi connectivity index (χ4v) is 29.0. The van der Waals surface area contributed by atoms with Gasteiger partial charge in [-0.3, -0.25) is 0 Å². The second kappa shape index (κ2) is 7.87. The molecule has 0 aliphatic heterocycles. The van der Waals surface area contributed by atoms with Crippen LogP contribution >= 0.6 is 18.6 Å². The topological polar surface area (TPSA) is 0 Å². The van der Waals surface area contributed by atoms with Gasteiger partial charge in [0.15, 0.2) is 0 Å². The first-order chi connectivity index (χ1) is 13.3. The van der Waals surface area contributed by atoms with Crippen molar-refractivity contribution in [3.8, 4) is 0 Å². The molecule has 0 aromatic carbocycles. The number of hydrogen-bond acceptors (Lipinski definition) is 0. The van der Waals surface area contributed by atoms with E-state index in [-0.39, 0.29) is 0 Å². The van der Waals surface area contributed by atoms with Gasteiger partial charge in [0.1, 0.15) is 0 Å². The average Bonchev–Trinajstić information content (AvgIpc) is 3.26. The Morgan fingerprint density at radius 2 is 1.18 bits per heavy atom. The predicted molar refractivity (Wildman–Crippen MR) is 126 cm³/mol. The third-order valence-corrected chi connectivity index (χ3v) is 43.7. The van der Waals surface area contributed by atoms with Crippen molar-refractivity contribution in [2.75, 3.05) is 0 Å². The molecule has 2 unspecified atom stereocenters. The van der Waals surface area contributed by atoms with Gasteiger partial charge in [0.2, 0.25) is 0 Å². The van der Waals surface area contributed by atoms with E-state index in [0.717, 1.165) is 12.8 Å². The molecule has 4 rings (SSSR count). The fourth-order valence-electron chi connectivity index (χ4n) is 6.77. The van der Waals surface area contributed by atoms with Gasteiger partial charge in [0.05, 0.1) is 0 Å². The van der Waals surface area contributed by atoms with Crippen molar-refractivity contribution in [1.82, 2.24) is 0 Å². The zero-order valence-corrected chi connectivity index (χ0v) is 22.4. The summed E-state index contributed by atoms with van der Waals surface area (Å²) < 4.78 is 0.835. The molecule has 4 heteroatoms. The first-order valence-corrected chi connectivity index (χ1v) is 23.4. The van der Waals surface area contributed by atoms with Crippen LogP contribution in [0.5, 0.6) is 0 Å². The summed E-state index contributed by atoms with van der Waals surface area (Å²) in [6.07, 6.45) is 17.6. The van der Waals surface area contributed by atoms with Crippen molar-refractivity contribution in [2.45, 2.75) is 99.6 Å². The van der Waals surface area contributed by atoms with E-state index < -0.39 is 19.1 Å². The zero-order valence-electron chi connectivity index (χ0n) is 18.2. The molecule has 0 fully saturated rings. The Morgan fingerprint density at radius 3 is 1.54 bits per heavy atom. The molecular weight excluding hydrogens is 435 g/mol. The SMILES string of the molecule is CCC1=CC2=C(CCCC2)[CH]1[Ti]([Cl])([Cl])([CH]1C(CC)=CC2=C1CCCC2)[SiH](C)C. The molecule has 4 aliphatic carbocycles. The summed E-state index contributed by atoms with van der Waals surface area (Å²) in [7, 11) is 16.4. The van der Waals surface area contributed by atoms with Gasteiger partial charge in [-0.25, -0.2) is 0 Å². The first-order valence-electron chi connectivity index (χ1n) is 11.7. The van der Waals surface area contributed by atoms with Crippen molar-refractivity contribution >= 4 is 25.3 Å². The van der Waals surface area contributed by atoms with E-state index in [4.69, 9.17) is 18.6 Å². The van der Waals surface area contributed by atoms with Gasteiger partial charge >= 0.3 is 183 Å². The van der Waals surface area contributed by atoms with Crippen molar-refractivity contribution in [3.05, 3.63) is 45.6 Å². The molecule has 0 aromatic rings. The van der Waals surface area contributed by atoms with Crippen LogP contribution in [0.1, 0.15) is 78.1 Å². The van der Waals surface area contributed by atoms with E-state index in [1.54, 1.807) is 33.4 Å². The molecule has 2 atom stereocenters. The van der Waals surface area contributed by atoms with Crippen LogP contribution < -0.4 is 0 Å². The third kappa shape index (κ3) is 3.10. The van der Waals surface area contributed by atoms with Crippen LogP contribution in [-0.2, 0) is 12.4 Å². The molecule has 155 valence electrons. The van der Waals surface area contributed by atoms with Gasteiger partial charge in [0.25, 0.3) is 0 Å². The molecule has 0 N–H and O–H groups in total. The van der Waals surface area contributed by atoms with Crippen LogP contribution in [0.15, 0.2) is 45.6 Å². The average molecular weight is 472 g/mol. The minimum atomic E-state index is -3.93. The van der Waals surface area contributed by atoms with E-state index >= 15 is 0 Å². The fraction of sp³-hybridized carbons (Fsp3) is 0.667. The molecule has 0 bridgehead atoms. The summed E-state index contributed by atoms with van der Waals surface area (Å²) in [5.74, 6) is 0. The molecule has 0 aromatic heterocycles. The van der Waals surface area contributed by atoms with Crippen molar-refractivity contribution in [3.63, 3.8) is 0 Å². The summed E-state index contributed by atoms with van der Waals surface area (Å²) in [5, 5.41) is 0. The van der Waals surface area contributed by atoms with Crippen molar-refractivity contribution < 1.29 is 12.4 Å². The molecule has 0 amide bonds. The first kappa shape index (κ1) is 21.7. The molecule has 28 heavy (non-hydrogen) atoms. The molecule has 0 heterocycles. The van der Waals surface area contributed by atoms with E-state index in [2.05, 4.69) is 39.1 Å². The molecule has 0 saturated carbocycles. The van der Waals surface area contributed by atoms with Gasteiger partial charge in [-0.15, -0.1) is 0 Å². The van der Waals surface area contributed by atoms with Gasteiger partial charge in [-0.05, 0) is 0 Å². The van der Waals surface area contributed by atoms with Crippen LogP contribution in [0.3, 0.4) is 0 Å². The predicted octanol–water partition coefficient (Wildman–Crippen LogP) is 8.99. The monoisotopic (exact) mass is 471 g/mol. The van der Waals surface area contributed by atoms with Crippen LogP contribution in [-0.4, -0.2) is 6.66 Å². The summed E-state index contributed by atoms with van der Waals surface area (Å²) in [5.41, 5.74) is 9.80. The Balaban J connectivity index is 1.91. The second-order valence-corrected chi connectivity index (χ2v) is 39.2. The van der Waals surface area contributed by atoms with Gasteiger partial charge in [-0.2, -0.15) is 0 Å². The number of allylic oxidation sites excluding steroid dienone is 8. The number of halogens is 2. The van der Waals surface area contributed by atoms with E-state index in [1.807, 2.05) is 0 Å². The normalized spacial score (nSPS) is 29.5. The second-order valence-electron chi connectivity index (χ2n) is 9.91. The van der Waals surface area contributed by atoms with Crippen LogP contribution in [0.25, 0.3) is 0 Å². The molecular formula is C24H37Cl2SiTi. The summed E-state index contributed by atoms with van der Waals surface area (Å²) in [6, 6.07) is 0. The third-order valence-electron chi connectivity index (χ3n) is 8.29. The van der Waals surface area contributed by atoms with Gasteiger partial charge < -0.3 is 0 Å². The summed E-state index contributed by atoms with van der Waals surface area (Å²) >= 11 is -3.93. The molecule has 0 saturated heterocycles. The Bertz CT molecular complexity index is 739. The van der Waals surface area contributed by atoms with Crippen LogP contribution in [0, 0.1) is 0 Å². The van der Waals surface area contributed by atoms with Crippen LogP contribution in [0.2, 0.25) is 21.5 Å².